The lowest BCUT2D eigenvalue weighted by Crippen LogP contribution is -2.31. The summed E-state index contributed by atoms with van der Waals surface area (Å²) >= 11 is 0. The highest BCUT2D eigenvalue weighted by molar-refractivity contribution is 5.94. The minimum Gasteiger partial charge on any atom is -0.491 e. The van der Waals surface area contributed by atoms with Gasteiger partial charge >= 0.3 is 0 Å². The molecule has 0 heterocycles. The van der Waals surface area contributed by atoms with Crippen LogP contribution >= 0.6 is 0 Å². The lowest BCUT2D eigenvalue weighted by atomic mass is 10.1. The predicted octanol–water partition coefficient (Wildman–Crippen LogP) is 3.43. The minimum absolute atomic E-state index is 0.0416. The van der Waals surface area contributed by atoms with Crippen LogP contribution in [0.5, 0.6) is 5.75 Å². The maximum atomic E-state index is 14.6. The van der Waals surface area contributed by atoms with E-state index in [1.807, 2.05) is 0 Å². The van der Waals surface area contributed by atoms with Gasteiger partial charge in [0.2, 0.25) is 0 Å². The molecule has 1 amide bonds. The van der Waals surface area contributed by atoms with E-state index < -0.39 is 29.2 Å². The summed E-state index contributed by atoms with van der Waals surface area (Å²) in [6, 6.07) is 8.78. The molecule has 2 aromatic rings. The van der Waals surface area contributed by atoms with Gasteiger partial charge in [-0.2, -0.15) is 0 Å². The Balaban J connectivity index is 2.17. The number of benzene rings is 2. The van der Waals surface area contributed by atoms with Crippen LogP contribution in [-0.2, 0) is 16.1 Å². The van der Waals surface area contributed by atoms with E-state index in [2.05, 4.69) is 5.32 Å². The standard InChI is InChI=1S/C21H25F2N3O3/c1-4-28-19(18-16(22)9-15(10-17(18)23)29-12(2)3)21(27)26-11-13-5-7-14(8-6-13)20(24)25/h5-10,12,19H,4,11H2,1-3H3,(H3,24,25)(H,26,27). The number of carbonyl (C=O) groups excluding carboxylic acids is 1. The van der Waals surface area contributed by atoms with E-state index in [4.69, 9.17) is 20.6 Å². The summed E-state index contributed by atoms with van der Waals surface area (Å²) in [6.45, 7) is 5.33. The van der Waals surface area contributed by atoms with Gasteiger partial charge in [-0.25, -0.2) is 8.78 Å². The zero-order chi connectivity index (χ0) is 21.6. The Kier molecular flexibility index (Phi) is 7.67. The molecule has 0 saturated heterocycles. The lowest BCUT2D eigenvalue weighted by Gasteiger charge is -2.19. The summed E-state index contributed by atoms with van der Waals surface area (Å²) < 4.78 is 39.8. The van der Waals surface area contributed by atoms with Crippen molar-refractivity contribution in [3.8, 4) is 5.75 Å². The second-order valence-electron chi connectivity index (χ2n) is 6.63. The highest BCUT2D eigenvalue weighted by Gasteiger charge is 2.28. The summed E-state index contributed by atoms with van der Waals surface area (Å²) in [5, 5.41) is 10.00. The fourth-order valence-electron chi connectivity index (χ4n) is 2.69. The number of nitrogens with one attached hydrogen (secondary N) is 2. The van der Waals surface area contributed by atoms with Gasteiger partial charge in [0, 0.05) is 30.8 Å². The number of nitrogen functional groups attached to an aromatic ring is 1. The number of carbonyl (C=O) groups is 1. The van der Waals surface area contributed by atoms with Crippen LogP contribution in [0, 0.1) is 17.0 Å². The van der Waals surface area contributed by atoms with Crippen molar-refractivity contribution in [3.05, 3.63) is 64.7 Å². The number of ether oxygens (including phenoxy) is 2. The van der Waals surface area contributed by atoms with Crippen LogP contribution in [0.4, 0.5) is 8.78 Å². The summed E-state index contributed by atoms with van der Waals surface area (Å²) in [5.41, 5.74) is 6.23. The Morgan fingerprint density at radius 3 is 2.24 bits per heavy atom. The Morgan fingerprint density at radius 2 is 1.76 bits per heavy atom. The summed E-state index contributed by atoms with van der Waals surface area (Å²) in [4.78, 5) is 12.6. The second kappa shape index (κ2) is 9.97. The van der Waals surface area contributed by atoms with Crippen molar-refractivity contribution in [1.29, 1.82) is 5.41 Å². The normalized spacial score (nSPS) is 11.9. The monoisotopic (exact) mass is 405 g/mol. The van der Waals surface area contributed by atoms with Gasteiger partial charge in [0.25, 0.3) is 5.91 Å². The van der Waals surface area contributed by atoms with Crippen LogP contribution in [0.3, 0.4) is 0 Å². The van der Waals surface area contributed by atoms with Gasteiger partial charge in [-0.05, 0) is 26.3 Å². The SMILES string of the molecule is CCOC(C(=O)NCc1ccc(C(=N)N)cc1)c1c(F)cc(OC(C)C)cc1F. The molecule has 0 aliphatic rings. The summed E-state index contributed by atoms with van der Waals surface area (Å²) in [5.74, 6) is -2.52. The quantitative estimate of drug-likeness (QED) is 0.440. The largest absolute Gasteiger partial charge is 0.491 e. The summed E-state index contributed by atoms with van der Waals surface area (Å²) in [6.07, 6.45) is -1.69. The van der Waals surface area contributed by atoms with Crippen LogP contribution in [0.15, 0.2) is 36.4 Å². The fourth-order valence-corrected chi connectivity index (χ4v) is 2.69. The van der Waals surface area contributed by atoms with Crippen molar-refractivity contribution in [2.24, 2.45) is 5.73 Å². The van der Waals surface area contributed by atoms with Gasteiger partial charge in [-0.1, -0.05) is 24.3 Å². The number of nitrogens with two attached hydrogens (primary N) is 1. The van der Waals surface area contributed by atoms with Crippen LogP contribution in [0.2, 0.25) is 0 Å². The molecule has 2 rings (SSSR count). The minimum atomic E-state index is -1.44. The van der Waals surface area contributed by atoms with Gasteiger partial charge in [-0.3, -0.25) is 10.2 Å². The maximum Gasteiger partial charge on any atom is 0.254 e. The first kappa shape index (κ1) is 22.3. The first-order valence-corrected chi connectivity index (χ1v) is 9.21. The zero-order valence-electron chi connectivity index (χ0n) is 16.6. The Labute approximate surface area is 168 Å². The van der Waals surface area contributed by atoms with E-state index >= 15 is 0 Å². The lowest BCUT2D eigenvalue weighted by molar-refractivity contribution is -0.133. The molecule has 0 aliphatic heterocycles. The Morgan fingerprint density at radius 1 is 1.17 bits per heavy atom. The Hall–Kier alpha value is -3.00. The van der Waals surface area contributed by atoms with Gasteiger partial charge < -0.3 is 20.5 Å². The molecule has 1 unspecified atom stereocenters. The molecule has 4 N–H and O–H groups in total. The fraction of sp³-hybridized carbons (Fsp3) is 0.333. The van der Waals surface area contributed by atoms with Crippen LogP contribution in [0.25, 0.3) is 0 Å². The molecule has 29 heavy (non-hydrogen) atoms. The predicted molar refractivity (Wildman–Crippen MR) is 106 cm³/mol. The van der Waals surface area contributed by atoms with Gasteiger partial charge in [-0.15, -0.1) is 0 Å². The summed E-state index contributed by atoms with van der Waals surface area (Å²) in [7, 11) is 0. The van der Waals surface area contributed by atoms with Crippen molar-refractivity contribution in [1.82, 2.24) is 5.32 Å². The third-order valence-corrected chi connectivity index (χ3v) is 3.99. The molecule has 0 saturated carbocycles. The number of rotatable bonds is 9. The molecule has 6 nitrogen and oxygen atoms in total. The molecule has 1 atom stereocenters. The van der Waals surface area contributed by atoms with E-state index in [-0.39, 0.29) is 30.8 Å². The average molecular weight is 405 g/mol. The van der Waals surface area contributed by atoms with E-state index in [0.717, 1.165) is 17.7 Å². The maximum absolute atomic E-state index is 14.6. The number of amidine groups is 1. The van der Waals surface area contributed by atoms with Gasteiger partial charge in [0.05, 0.1) is 11.7 Å². The van der Waals surface area contributed by atoms with Crippen molar-refractivity contribution in [2.75, 3.05) is 6.61 Å². The topological polar surface area (TPSA) is 97.4 Å². The molecule has 0 fully saturated rings. The van der Waals surface area contributed by atoms with Crippen molar-refractivity contribution in [2.45, 2.75) is 39.5 Å². The van der Waals surface area contributed by atoms with E-state index in [9.17, 15) is 13.6 Å². The number of halogens is 2. The molecule has 2 aromatic carbocycles. The molecule has 0 spiro atoms. The first-order chi connectivity index (χ1) is 13.7. The molecule has 0 radical (unpaired) electrons. The smallest absolute Gasteiger partial charge is 0.254 e. The van der Waals surface area contributed by atoms with Crippen LogP contribution in [-0.4, -0.2) is 24.5 Å². The van der Waals surface area contributed by atoms with E-state index in [0.29, 0.717) is 5.56 Å². The van der Waals surface area contributed by atoms with Crippen LogP contribution in [0.1, 0.15) is 43.6 Å². The molecular weight excluding hydrogens is 380 g/mol. The molecule has 0 bridgehead atoms. The zero-order valence-corrected chi connectivity index (χ0v) is 16.6. The van der Waals surface area contributed by atoms with Gasteiger partial charge in [0.15, 0.2) is 6.10 Å². The molecule has 0 aromatic heterocycles. The highest BCUT2D eigenvalue weighted by Crippen LogP contribution is 2.29. The third-order valence-electron chi connectivity index (χ3n) is 3.99. The molecule has 8 heteroatoms. The number of hydrogen-bond donors (Lipinski definition) is 3. The molecule has 156 valence electrons. The van der Waals surface area contributed by atoms with Crippen molar-refractivity contribution in [3.63, 3.8) is 0 Å². The Bertz CT molecular complexity index is 847. The van der Waals surface area contributed by atoms with Crippen molar-refractivity contribution >= 4 is 11.7 Å². The van der Waals surface area contributed by atoms with E-state index in [1.165, 1.54) is 0 Å². The number of amides is 1. The van der Waals surface area contributed by atoms with E-state index in [1.54, 1.807) is 45.0 Å². The third kappa shape index (κ3) is 5.99. The highest BCUT2D eigenvalue weighted by atomic mass is 19.1. The van der Waals surface area contributed by atoms with Crippen LogP contribution < -0.4 is 15.8 Å². The average Bonchev–Trinajstić information content (AvgIpc) is 2.64. The molecule has 0 aliphatic carbocycles. The first-order valence-electron chi connectivity index (χ1n) is 9.21. The molecular formula is C21H25F2N3O3. The second-order valence-corrected chi connectivity index (χ2v) is 6.63. The van der Waals surface area contributed by atoms with Crippen molar-refractivity contribution < 1.29 is 23.0 Å². The van der Waals surface area contributed by atoms with Gasteiger partial charge in [0.1, 0.15) is 23.2 Å². The number of hydrogen-bond acceptors (Lipinski definition) is 4.